The molecule has 1 aromatic heterocycles. The number of rotatable bonds is 5. The minimum Gasteiger partial charge on any atom is -0.335 e. The van der Waals surface area contributed by atoms with Gasteiger partial charge in [-0.25, -0.2) is 4.79 Å². The van der Waals surface area contributed by atoms with Crippen LogP contribution in [0, 0.1) is 0 Å². The summed E-state index contributed by atoms with van der Waals surface area (Å²) in [5.41, 5.74) is 2.96. The molecule has 2 N–H and O–H groups in total. The molecule has 6 heteroatoms. The van der Waals surface area contributed by atoms with Crippen LogP contribution in [0.15, 0.2) is 65.5 Å². The van der Waals surface area contributed by atoms with Crippen LogP contribution in [-0.2, 0) is 0 Å². The average molecular weight is 378 g/mol. The van der Waals surface area contributed by atoms with Crippen molar-refractivity contribution in [3.05, 3.63) is 76.9 Å². The maximum Gasteiger partial charge on any atom is 0.331 e. The Morgan fingerprint density at radius 1 is 1.18 bits per heavy atom. The molecule has 1 aliphatic heterocycles. The van der Waals surface area contributed by atoms with Crippen molar-refractivity contribution in [3.63, 3.8) is 0 Å². The van der Waals surface area contributed by atoms with E-state index in [0.29, 0.717) is 30.2 Å². The van der Waals surface area contributed by atoms with Crippen molar-refractivity contribution >= 4 is 11.6 Å². The Balaban J connectivity index is 2.24. The largest absolute Gasteiger partial charge is 0.335 e. The molecule has 1 fully saturated rings. The van der Waals surface area contributed by atoms with Gasteiger partial charge < -0.3 is 15.2 Å². The molecule has 0 bridgehead atoms. The van der Waals surface area contributed by atoms with Gasteiger partial charge in [0.05, 0.1) is 11.4 Å². The van der Waals surface area contributed by atoms with Gasteiger partial charge in [0.25, 0.3) is 5.91 Å². The Hall–Kier alpha value is -3.12. The minimum absolute atomic E-state index is 0.160. The number of amides is 1. The standard InChI is InChI=1S/C22H26N4O2/c1-4-9-18(16(3)5-2)26-20(17-10-7-6-8-11-17)19(24-22(26)28)21(27)25-14-12-23-13-15-25/h4-11,23H,1,12-15H2,2-3H3,(H,24,28)/b16-5-,18-9+. The minimum atomic E-state index is -0.341. The lowest BCUT2D eigenvalue weighted by atomic mass is 10.1. The predicted octanol–water partition coefficient (Wildman–Crippen LogP) is 2.88. The Bertz CT molecular complexity index is 974. The van der Waals surface area contributed by atoms with Gasteiger partial charge in [0.1, 0.15) is 5.69 Å². The van der Waals surface area contributed by atoms with Gasteiger partial charge in [-0.15, -0.1) is 0 Å². The van der Waals surface area contributed by atoms with E-state index < -0.39 is 0 Å². The molecule has 1 amide bonds. The third-order valence-electron chi connectivity index (χ3n) is 4.91. The van der Waals surface area contributed by atoms with E-state index in [0.717, 1.165) is 24.2 Å². The van der Waals surface area contributed by atoms with Gasteiger partial charge in [-0.05, 0) is 25.5 Å². The summed E-state index contributed by atoms with van der Waals surface area (Å²) in [6.45, 7) is 10.3. The van der Waals surface area contributed by atoms with E-state index in [1.165, 1.54) is 0 Å². The van der Waals surface area contributed by atoms with Crippen molar-refractivity contribution in [2.24, 2.45) is 0 Å². The van der Waals surface area contributed by atoms with Crippen molar-refractivity contribution in [3.8, 4) is 11.3 Å². The van der Waals surface area contributed by atoms with E-state index >= 15 is 0 Å². The number of imidazole rings is 1. The maximum atomic E-state index is 13.2. The first-order valence-electron chi connectivity index (χ1n) is 9.45. The highest BCUT2D eigenvalue weighted by molar-refractivity contribution is 5.99. The third kappa shape index (κ3) is 3.77. The summed E-state index contributed by atoms with van der Waals surface area (Å²) in [7, 11) is 0. The molecule has 0 spiro atoms. The fraction of sp³-hybridized carbons (Fsp3) is 0.273. The fourth-order valence-corrected chi connectivity index (χ4v) is 3.36. The van der Waals surface area contributed by atoms with E-state index in [9.17, 15) is 9.59 Å². The van der Waals surface area contributed by atoms with E-state index in [1.54, 1.807) is 21.6 Å². The van der Waals surface area contributed by atoms with Gasteiger partial charge in [0, 0.05) is 31.7 Å². The molecule has 146 valence electrons. The maximum absolute atomic E-state index is 13.2. The van der Waals surface area contributed by atoms with Gasteiger partial charge in [-0.2, -0.15) is 0 Å². The quantitative estimate of drug-likeness (QED) is 0.786. The van der Waals surface area contributed by atoms with Gasteiger partial charge >= 0.3 is 5.69 Å². The van der Waals surface area contributed by atoms with Crippen LogP contribution < -0.4 is 11.0 Å². The molecule has 1 saturated heterocycles. The Morgan fingerprint density at radius 3 is 2.46 bits per heavy atom. The molecule has 0 saturated carbocycles. The average Bonchev–Trinajstić information content (AvgIpc) is 3.09. The zero-order valence-corrected chi connectivity index (χ0v) is 16.4. The number of aromatic nitrogens is 2. The molecule has 2 heterocycles. The van der Waals surface area contributed by atoms with Crippen LogP contribution in [0.4, 0.5) is 0 Å². The zero-order chi connectivity index (χ0) is 20.1. The second-order valence-corrected chi connectivity index (χ2v) is 6.66. The molecule has 0 radical (unpaired) electrons. The summed E-state index contributed by atoms with van der Waals surface area (Å²) in [5, 5.41) is 3.24. The van der Waals surface area contributed by atoms with Crippen LogP contribution in [0.1, 0.15) is 24.3 Å². The first-order chi connectivity index (χ1) is 13.6. The number of H-pyrrole nitrogens is 1. The van der Waals surface area contributed by atoms with Crippen molar-refractivity contribution < 1.29 is 4.79 Å². The van der Waals surface area contributed by atoms with Gasteiger partial charge in [-0.3, -0.25) is 9.36 Å². The lowest BCUT2D eigenvalue weighted by molar-refractivity contribution is 0.0731. The lowest BCUT2D eigenvalue weighted by Gasteiger charge is -2.27. The number of benzene rings is 1. The molecular formula is C22H26N4O2. The first-order valence-corrected chi connectivity index (χ1v) is 9.45. The van der Waals surface area contributed by atoms with Gasteiger partial charge in [0.15, 0.2) is 0 Å². The number of hydrogen-bond acceptors (Lipinski definition) is 3. The van der Waals surface area contributed by atoms with E-state index in [2.05, 4.69) is 16.9 Å². The summed E-state index contributed by atoms with van der Waals surface area (Å²) in [4.78, 5) is 30.8. The summed E-state index contributed by atoms with van der Waals surface area (Å²) < 4.78 is 1.57. The lowest BCUT2D eigenvalue weighted by Crippen LogP contribution is -2.46. The molecule has 0 atom stereocenters. The van der Waals surface area contributed by atoms with Crippen molar-refractivity contribution in [1.29, 1.82) is 0 Å². The summed E-state index contributed by atoms with van der Waals surface area (Å²) in [6, 6.07) is 9.52. The molecule has 0 aliphatic carbocycles. The Morgan fingerprint density at radius 2 is 1.86 bits per heavy atom. The van der Waals surface area contributed by atoms with Crippen LogP contribution >= 0.6 is 0 Å². The molecule has 0 unspecified atom stereocenters. The van der Waals surface area contributed by atoms with Gasteiger partial charge in [0.2, 0.25) is 0 Å². The number of nitrogens with zero attached hydrogens (tertiary/aromatic N) is 2. The Labute approximate surface area is 164 Å². The van der Waals surface area contributed by atoms with Crippen LogP contribution in [0.2, 0.25) is 0 Å². The molecule has 3 rings (SSSR count). The van der Waals surface area contributed by atoms with Crippen LogP contribution in [0.5, 0.6) is 0 Å². The second-order valence-electron chi connectivity index (χ2n) is 6.66. The molecule has 1 aromatic carbocycles. The topological polar surface area (TPSA) is 70.1 Å². The number of hydrogen-bond donors (Lipinski definition) is 2. The summed E-state index contributed by atoms with van der Waals surface area (Å²) in [5.74, 6) is -0.160. The van der Waals surface area contributed by atoms with E-state index in [1.807, 2.05) is 50.3 Å². The van der Waals surface area contributed by atoms with Crippen molar-refractivity contribution in [2.45, 2.75) is 13.8 Å². The smallest absolute Gasteiger partial charge is 0.331 e. The highest BCUT2D eigenvalue weighted by Crippen LogP contribution is 2.28. The van der Waals surface area contributed by atoms with Crippen LogP contribution in [-0.4, -0.2) is 46.5 Å². The van der Waals surface area contributed by atoms with Crippen LogP contribution in [0.25, 0.3) is 17.0 Å². The first kappa shape index (κ1) is 19.6. The molecule has 2 aromatic rings. The highest BCUT2D eigenvalue weighted by atomic mass is 16.2. The summed E-state index contributed by atoms with van der Waals surface area (Å²) >= 11 is 0. The number of nitrogens with one attached hydrogen (secondary N) is 2. The third-order valence-corrected chi connectivity index (χ3v) is 4.91. The van der Waals surface area contributed by atoms with Crippen molar-refractivity contribution in [1.82, 2.24) is 19.8 Å². The molecular weight excluding hydrogens is 352 g/mol. The Kier molecular flexibility index (Phi) is 6.11. The van der Waals surface area contributed by atoms with Gasteiger partial charge in [-0.1, -0.05) is 49.1 Å². The molecule has 6 nitrogen and oxygen atoms in total. The van der Waals surface area contributed by atoms with Crippen molar-refractivity contribution in [2.75, 3.05) is 26.2 Å². The number of carbonyl (C=O) groups excluding carboxylic acids is 1. The zero-order valence-electron chi connectivity index (χ0n) is 16.4. The fourth-order valence-electron chi connectivity index (χ4n) is 3.36. The number of aromatic amines is 1. The number of carbonyl (C=O) groups is 1. The SMILES string of the molecule is C=C/C=C(\C(C)=C/C)n1c(-c2ccccc2)c(C(=O)N2CCNCC2)[nH]c1=O. The van der Waals surface area contributed by atoms with Crippen LogP contribution in [0.3, 0.4) is 0 Å². The predicted molar refractivity (Wildman–Crippen MR) is 113 cm³/mol. The van der Waals surface area contributed by atoms with E-state index in [4.69, 9.17) is 0 Å². The highest BCUT2D eigenvalue weighted by Gasteiger charge is 2.27. The number of piperazine rings is 1. The molecule has 28 heavy (non-hydrogen) atoms. The monoisotopic (exact) mass is 378 g/mol. The van der Waals surface area contributed by atoms with E-state index in [-0.39, 0.29) is 11.6 Å². The second kappa shape index (κ2) is 8.71. The normalized spacial score (nSPS) is 15.6. The summed E-state index contributed by atoms with van der Waals surface area (Å²) in [6.07, 6.45) is 5.37. The molecule has 1 aliphatic rings. The number of allylic oxidation sites excluding steroid dienone is 5.